The van der Waals surface area contributed by atoms with Crippen LogP contribution in [0, 0.1) is 5.92 Å². The number of ether oxygens (including phenoxy) is 1. The number of hydrogen-bond donors (Lipinski definition) is 1. The topological polar surface area (TPSA) is 55.4 Å². The van der Waals surface area contributed by atoms with Crippen molar-refractivity contribution in [2.75, 3.05) is 19.5 Å². The van der Waals surface area contributed by atoms with Gasteiger partial charge in [-0.05, 0) is 12.8 Å². The molecule has 0 aromatic carbocycles. The number of hydrogen-bond acceptors (Lipinski definition) is 3. The standard InChI is InChI=1S/C8H19NO3S/c1-5-12-6-8(7(2)3)9-13(4,10)11/h7-9H,5-6H2,1-4H3. The van der Waals surface area contributed by atoms with Crippen LogP contribution in [-0.4, -0.2) is 33.9 Å². The molecule has 4 nitrogen and oxygen atoms in total. The Morgan fingerprint density at radius 2 is 1.92 bits per heavy atom. The van der Waals surface area contributed by atoms with Crippen molar-refractivity contribution < 1.29 is 13.2 Å². The van der Waals surface area contributed by atoms with Gasteiger partial charge in [-0.2, -0.15) is 0 Å². The highest BCUT2D eigenvalue weighted by molar-refractivity contribution is 7.88. The maximum Gasteiger partial charge on any atom is 0.209 e. The molecule has 0 aliphatic heterocycles. The van der Waals surface area contributed by atoms with Gasteiger partial charge < -0.3 is 4.74 Å². The molecule has 80 valence electrons. The average molecular weight is 209 g/mol. The van der Waals surface area contributed by atoms with E-state index in [2.05, 4.69) is 4.72 Å². The SMILES string of the molecule is CCOCC(NS(C)(=O)=O)C(C)C. The Bertz CT molecular complexity index is 224. The average Bonchev–Trinajstić information content (AvgIpc) is 1.95. The van der Waals surface area contributed by atoms with Gasteiger partial charge in [0.1, 0.15) is 0 Å². The van der Waals surface area contributed by atoms with E-state index in [4.69, 9.17) is 4.74 Å². The Kier molecular flexibility index (Phi) is 5.51. The van der Waals surface area contributed by atoms with Crippen molar-refractivity contribution in [3.8, 4) is 0 Å². The second kappa shape index (κ2) is 5.57. The second-order valence-corrected chi connectivity index (χ2v) is 5.18. The molecule has 1 atom stereocenters. The fourth-order valence-electron chi connectivity index (χ4n) is 0.882. The minimum Gasteiger partial charge on any atom is -0.380 e. The zero-order valence-electron chi connectivity index (χ0n) is 8.70. The van der Waals surface area contributed by atoms with Crippen molar-refractivity contribution in [3.05, 3.63) is 0 Å². The third-order valence-corrected chi connectivity index (χ3v) is 2.40. The molecular weight excluding hydrogens is 190 g/mol. The minimum absolute atomic E-state index is 0.130. The first-order valence-corrected chi connectivity index (χ1v) is 6.31. The van der Waals surface area contributed by atoms with E-state index in [1.807, 2.05) is 20.8 Å². The highest BCUT2D eigenvalue weighted by atomic mass is 32.2. The first-order valence-electron chi connectivity index (χ1n) is 4.42. The van der Waals surface area contributed by atoms with Crippen molar-refractivity contribution >= 4 is 10.0 Å². The van der Waals surface area contributed by atoms with Gasteiger partial charge in [0.25, 0.3) is 0 Å². The van der Waals surface area contributed by atoms with E-state index in [0.717, 1.165) is 6.26 Å². The van der Waals surface area contributed by atoms with Crippen molar-refractivity contribution in [1.82, 2.24) is 4.72 Å². The molecule has 1 unspecified atom stereocenters. The molecule has 0 aromatic rings. The number of rotatable bonds is 6. The fraction of sp³-hybridized carbons (Fsp3) is 1.00. The van der Waals surface area contributed by atoms with E-state index >= 15 is 0 Å². The first kappa shape index (κ1) is 12.9. The van der Waals surface area contributed by atoms with Gasteiger partial charge in [0.15, 0.2) is 0 Å². The molecule has 0 aliphatic rings. The number of sulfonamides is 1. The normalized spacial score (nSPS) is 14.8. The molecule has 0 aromatic heterocycles. The molecule has 0 heterocycles. The van der Waals surface area contributed by atoms with Gasteiger partial charge in [-0.1, -0.05) is 13.8 Å². The van der Waals surface area contributed by atoms with Crippen LogP contribution < -0.4 is 4.72 Å². The van der Waals surface area contributed by atoms with Crippen LogP contribution in [0.3, 0.4) is 0 Å². The van der Waals surface area contributed by atoms with Gasteiger partial charge in [-0.25, -0.2) is 13.1 Å². The predicted molar refractivity (Wildman–Crippen MR) is 53.1 cm³/mol. The second-order valence-electron chi connectivity index (χ2n) is 3.40. The van der Waals surface area contributed by atoms with Crippen LogP contribution in [-0.2, 0) is 14.8 Å². The van der Waals surface area contributed by atoms with Crippen LogP contribution in [0.5, 0.6) is 0 Å². The van der Waals surface area contributed by atoms with Gasteiger partial charge >= 0.3 is 0 Å². The summed E-state index contributed by atoms with van der Waals surface area (Å²) in [4.78, 5) is 0. The third kappa shape index (κ3) is 6.98. The largest absolute Gasteiger partial charge is 0.380 e. The summed E-state index contributed by atoms with van der Waals surface area (Å²) in [7, 11) is -3.13. The molecule has 0 rings (SSSR count). The van der Waals surface area contributed by atoms with Crippen molar-refractivity contribution in [2.24, 2.45) is 5.92 Å². The highest BCUT2D eigenvalue weighted by Crippen LogP contribution is 2.03. The fourth-order valence-corrected chi connectivity index (χ4v) is 1.77. The summed E-state index contributed by atoms with van der Waals surface area (Å²) in [6, 6.07) is -0.130. The molecule has 1 N–H and O–H groups in total. The van der Waals surface area contributed by atoms with Crippen molar-refractivity contribution in [2.45, 2.75) is 26.8 Å². The van der Waals surface area contributed by atoms with E-state index in [0.29, 0.717) is 13.2 Å². The van der Waals surface area contributed by atoms with E-state index in [9.17, 15) is 8.42 Å². The molecule has 0 spiro atoms. The van der Waals surface area contributed by atoms with Gasteiger partial charge in [-0.3, -0.25) is 0 Å². The predicted octanol–water partition coefficient (Wildman–Crippen LogP) is 0.597. The first-order chi connectivity index (χ1) is 5.87. The van der Waals surface area contributed by atoms with Crippen LogP contribution in [0.2, 0.25) is 0 Å². The third-order valence-electron chi connectivity index (χ3n) is 1.67. The summed E-state index contributed by atoms with van der Waals surface area (Å²) in [5.74, 6) is 0.237. The Labute approximate surface area is 80.7 Å². The lowest BCUT2D eigenvalue weighted by Crippen LogP contribution is -2.41. The Balaban J connectivity index is 4.11. The van der Waals surface area contributed by atoms with E-state index in [1.165, 1.54) is 0 Å². The van der Waals surface area contributed by atoms with Crippen LogP contribution in [0.15, 0.2) is 0 Å². The van der Waals surface area contributed by atoms with Crippen LogP contribution >= 0.6 is 0 Å². The highest BCUT2D eigenvalue weighted by Gasteiger charge is 2.17. The molecule has 5 heteroatoms. The minimum atomic E-state index is -3.13. The maximum absolute atomic E-state index is 10.9. The molecule has 0 amide bonds. The zero-order valence-corrected chi connectivity index (χ0v) is 9.52. The molecule has 0 saturated carbocycles. The molecule has 0 saturated heterocycles. The van der Waals surface area contributed by atoms with E-state index < -0.39 is 10.0 Å². The van der Waals surface area contributed by atoms with Gasteiger partial charge in [0, 0.05) is 12.6 Å². The lowest BCUT2D eigenvalue weighted by atomic mass is 10.1. The van der Waals surface area contributed by atoms with E-state index in [-0.39, 0.29) is 12.0 Å². The molecule has 0 aliphatic carbocycles. The lowest BCUT2D eigenvalue weighted by molar-refractivity contribution is 0.116. The van der Waals surface area contributed by atoms with Crippen LogP contribution in [0.1, 0.15) is 20.8 Å². The molecule has 0 radical (unpaired) electrons. The number of nitrogens with one attached hydrogen (secondary N) is 1. The van der Waals surface area contributed by atoms with Crippen molar-refractivity contribution in [1.29, 1.82) is 0 Å². The van der Waals surface area contributed by atoms with Gasteiger partial charge in [0.2, 0.25) is 10.0 Å². The monoisotopic (exact) mass is 209 g/mol. The Hall–Kier alpha value is -0.130. The van der Waals surface area contributed by atoms with Crippen molar-refractivity contribution in [3.63, 3.8) is 0 Å². The summed E-state index contributed by atoms with van der Waals surface area (Å²) in [5, 5.41) is 0. The summed E-state index contributed by atoms with van der Waals surface area (Å²) in [5.41, 5.74) is 0. The summed E-state index contributed by atoms with van der Waals surface area (Å²) in [6.45, 7) is 6.84. The molecular formula is C8H19NO3S. The summed E-state index contributed by atoms with van der Waals surface area (Å²) < 4.78 is 29.6. The molecule has 0 fully saturated rings. The molecule has 0 bridgehead atoms. The van der Waals surface area contributed by atoms with Gasteiger partial charge in [-0.15, -0.1) is 0 Å². The smallest absolute Gasteiger partial charge is 0.209 e. The zero-order chi connectivity index (χ0) is 10.5. The van der Waals surface area contributed by atoms with Gasteiger partial charge in [0.05, 0.1) is 12.9 Å². The van der Waals surface area contributed by atoms with E-state index in [1.54, 1.807) is 0 Å². The van der Waals surface area contributed by atoms with Crippen LogP contribution in [0.4, 0.5) is 0 Å². The quantitative estimate of drug-likeness (QED) is 0.697. The Morgan fingerprint density at radius 1 is 1.38 bits per heavy atom. The summed E-state index contributed by atoms with van der Waals surface area (Å²) in [6.07, 6.45) is 1.16. The lowest BCUT2D eigenvalue weighted by Gasteiger charge is -2.20. The summed E-state index contributed by atoms with van der Waals surface area (Å²) >= 11 is 0. The Morgan fingerprint density at radius 3 is 2.23 bits per heavy atom. The van der Waals surface area contributed by atoms with Crippen LogP contribution in [0.25, 0.3) is 0 Å². The molecule has 13 heavy (non-hydrogen) atoms. The maximum atomic E-state index is 10.9.